The van der Waals surface area contributed by atoms with Crippen LogP contribution < -0.4 is 21.3 Å². The van der Waals surface area contributed by atoms with Gasteiger partial charge in [0.1, 0.15) is 10.8 Å². The topological polar surface area (TPSA) is 121 Å². The maximum Gasteiger partial charge on any atom is 0.407 e. The number of ether oxygens (including phenoxy) is 1. The van der Waals surface area contributed by atoms with E-state index in [1.165, 1.54) is 6.20 Å². The van der Waals surface area contributed by atoms with Crippen molar-refractivity contribution in [3.63, 3.8) is 0 Å². The smallest absolute Gasteiger partial charge is 0.407 e. The molecule has 0 unspecified atom stereocenters. The lowest BCUT2D eigenvalue weighted by Crippen LogP contribution is -2.51. The van der Waals surface area contributed by atoms with Crippen LogP contribution in [0.4, 0.5) is 10.5 Å². The lowest BCUT2D eigenvalue weighted by atomic mass is 9.77. The number of anilines is 1. The van der Waals surface area contributed by atoms with Crippen LogP contribution in [0, 0.1) is 11.8 Å². The maximum atomic E-state index is 12.3. The SMILES string of the molecule is CNC(=O)[C@H]1CC[C@H](CNC(=S)C(=O)Nc2ccc(Cl)nc2)[C@H](NC(=O)OC(C)(C)C)C1. The Balaban J connectivity index is 1.97. The zero-order chi connectivity index (χ0) is 23.9. The van der Waals surface area contributed by atoms with Gasteiger partial charge >= 0.3 is 6.09 Å². The van der Waals surface area contributed by atoms with Gasteiger partial charge in [-0.05, 0) is 58.1 Å². The van der Waals surface area contributed by atoms with Crippen LogP contribution in [0.25, 0.3) is 0 Å². The van der Waals surface area contributed by atoms with E-state index in [2.05, 4.69) is 26.3 Å². The number of halogens is 1. The lowest BCUT2D eigenvalue weighted by Gasteiger charge is -2.36. The predicted octanol–water partition coefficient (Wildman–Crippen LogP) is 2.65. The van der Waals surface area contributed by atoms with Gasteiger partial charge in [-0.15, -0.1) is 0 Å². The second-order valence-corrected chi connectivity index (χ2v) is 9.47. The molecule has 0 aromatic carbocycles. The van der Waals surface area contributed by atoms with Gasteiger partial charge in [0.15, 0.2) is 4.99 Å². The molecule has 32 heavy (non-hydrogen) atoms. The average Bonchev–Trinajstić information content (AvgIpc) is 2.72. The highest BCUT2D eigenvalue weighted by Crippen LogP contribution is 2.29. The summed E-state index contributed by atoms with van der Waals surface area (Å²) in [7, 11) is 1.60. The molecule has 1 heterocycles. The number of hydrogen-bond donors (Lipinski definition) is 4. The minimum atomic E-state index is -0.636. The molecule has 1 saturated carbocycles. The molecule has 1 aromatic rings. The van der Waals surface area contributed by atoms with Crippen molar-refractivity contribution >= 4 is 52.4 Å². The molecule has 1 fully saturated rings. The fraction of sp³-hybridized carbons (Fsp3) is 0.571. The predicted molar refractivity (Wildman–Crippen MR) is 127 cm³/mol. The van der Waals surface area contributed by atoms with Gasteiger partial charge in [-0.25, -0.2) is 9.78 Å². The van der Waals surface area contributed by atoms with Gasteiger partial charge in [-0.1, -0.05) is 23.8 Å². The third-order valence-electron chi connectivity index (χ3n) is 5.03. The van der Waals surface area contributed by atoms with Gasteiger partial charge in [0.25, 0.3) is 5.91 Å². The first-order chi connectivity index (χ1) is 15.0. The van der Waals surface area contributed by atoms with Crippen LogP contribution in [0.15, 0.2) is 18.3 Å². The van der Waals surface area contributed by atoms with E-state index in [9.17, 15) is 14.4 Å². The van der Waals surface area contributed by atoms with Gasteiger partial charge in [0, 0.05) is 25.6 Å². The van der Waals surface area contributed by atoms with Crippen LogP contribution >= 0.6 is 23.8 Å². The number of aromatic nitrogens is 1. The Hall–Kier alpha value is -2.46. The Kier molecular flexibility index (Phi) is 9.21. The van der Waals surface area contributed by atoms with Crippen molar-refractivity contribution in [3.05, 3.63) is 23.5 Å². The number of nitrogens with one attached hydrogen (secondary N) is 4. The molecule has 0 spiro atoms. The number of alkyl carbamates (subject to hydrolysis) is 1. The minimum absolute atomic E-state index is 0.0180. The van der Waals surface area contributed by atoms with Gasteiger partial charge in [-0.2, -0.15) is 0 Å². The molecular formula is C21H30ClN5O4S. The van der Waals surface area contributed by atoms with E-state index in [0.29, 0.717) is 36.6 Å². The zero-order valence-electron chi connectivity index (χ0n) is 18.7. The lowest BCUT2D eigenvalue weighted by molar-refractivity contribution is -0.126. The number of pyridine rings is 1. The summed E-state index contributed by atoms with van der Waals surface area (Å²) in [6, 6.07) is 2.88. The highest BCUT2D eigenvalue weighted by atomic mass is 35.5. The Morgan fingerprint density at radius 3 is 2.56 bits per heavy atom. The fourth-order valence-corrected chi connectivity index (χ4v) is 3.74. The number of rotatable bonds is 5. The van der Waals surface area contributed by atoms with E-state index < -0.39 is 17.6 Å². The van der Waals surface area contributed by atoms with Crippen molar-refractivity contribution in [2.24, 2.45) is 11.8 Å². The van der Waals surface area contributed by atoms with Gasteiger partial charge in [0.05, 0.1) is 11.9 Å². The number of amides is 3. The molecule has 0 bridgehead atoms. The monoisotopic (exact) mass is 483 g/mol. The van der Waals surface area contributed by atoms with Crippen molar-refractivity contribution in [2.75, 3.05) is 18.9 Å². The number of carbonyl (C=O) groups is 3. The average molecular weight is 484 g/mol. The molecular weight excluding hydrogens is 454 g/mol. The van der Waals surface area contributed by atoms with Gasteiger partial charge < -0.3 is 26.0 Å². The minimum Gasteiger partial charge on any atom is -0.444 e. The molecule has 0 radical (unpaired) electrons. The second kappa shape index (κ2) is 11.4. The number of thiocarbonyl (C=S) groups is 1. The van der Waals surface area contributed by atoms with Crippen molar-refractivity contribution < 1.29 is 19.1 Å². The molecule has 4 N–H and O–H groups in total. The van der Waals surface area contributed by atoms with Crippen LogP contribution in [-0.2, 0) is 14.3 Å². The molecule has 11 heteroatoms. The molecule has 1 aromatic heterocycles. The third kappa shape index (κ3) is 8.23. The van der Waals surface area contributed by atoms with Crippen molar-refractivity contribution in [2.45, 2.75) is 51.7 Å². The summed E-state index contributed by atoms with van der Waals surface area (Å²) in [5, 5.41) is 11.5. The molecule has 2 rings (SSSR count). The first-order valence-electron chi connectivity index (χ1n) is 10.4. The largest absolute Gasteiger partial charge is 0.444 e. The van der Waals surface area contributed by atoms with Gasteiger partial charge in [-0.3, -0.25) is 9.59 Å². The van der Waals surface area contributed by atoms with Crippen molar-refractivity contribution in [3.8, 4) is 0 Å². The number of hydrogen-bond acceptors (Lipinski definition) is 6. The molecule has 0 saturated heterocycles. The number of nitrogens with zero attached hydrogens (tertiary/aromatic N) is 1. The number of carbonyl (C=O) groups excluding carboxylic acids is 3. The summed E-state index contributed by atoms with van der Waals surface area (Å²) in [6.07, 6.45) is 2.72. The molecule has 3 atom stereocenters. The molecule has 1 aliphatic rings. The van der Waals surface area contributed by atoms with Crippen molar-refractivity contribution in [1.29, 1.82) is 0 Å². The van der Waals surface area contributed by atoms with Gasteiger partial charge in [0.2, 0.25) is 5.91 Å². The van der Waals surface area contributed by atoms with Crippen molar-refractivity contribution in [1.82, 2.24) is 20.9 Å². The zero-order valence-corrected chi connectivity index (χ0v) is 20.2. The van der Waals surface area contributed by atoms with E-state index in [1.54, 1.807) is 40.0 Å². The first-order valence-corrected chi connectivity index (χ1v) is 11.2. The van der Waals surface area contributed by atoms with Crippen LogP contribution in [0.5, 0.6) is 0 Å². The standard InChI is InChI=1S/C21H30ClN5O4S/c1-21(2,3)31-20(30)27-15-9-12(17(28)23-4)5-6-13(15)10-25-19(32)18(29)26-14-7-8-16(22)24-11-14/h7-8,11-13,15H,5-6,9-10H2,1-4H3,(H,23,28)(H,25,32)(H,26,29)(H,27,30)/t12-,13+,15+/m0/s1. The van der Waals surface area contributed by atoms with E-state index in [4.69, 9.17) is 28.6 Å². The van der Waals surface area contributed by atoms with Crippen LogP contribution in [0.1, 0.15) is 40.0 Å². The summed E-state index contributed by atoms with van der Waals surface area (Å²) in [4.78, 5) is 40.7. The van der Waals surface area contributed by atoms with Crippen LogP contribution in [-0.4, -0.2) is 53.1 Å². The van der Waals surface area contributed by atoms with E-state index in [1.807, 2.05) is 0 Å². The first kappa shape index (κ1) is 25.8. The fourth-order valence-electron chi connectivity index (χ4n) is 3.50. The van der Waals surface area contributed by atoms with Crippen LogP contribution in [0.2, 0.25) is 5.15 Å². The Bertz CT molecular complexity index is 844. The van der Waals surface area contributed by atoms with Crippen LogP contribution in [0.3, 0.4) is 0 Å². The maximum absolute atomic E-state index is 12.3. The Morgan fingerprint density at radius 2 is 1.97 bits per heavy atom. The highest BCUT2D eigenvalue weighted by molar-refractivity contribution is 7.82. The Morgan fingerprint density at radius 1 is 1.25 bits per heavy atom. The third-order valence-corrected chi connectivity index (χ3v) is 5.58. The summed E-state index contributed by atoms with van der Waals surface area (Å²) in [6.45, 7) is 5.72. The molecule has 176 valence electrons. The molecule has 9 nitrogen and oxygen atoms in total. The normalized spacial score (nSPS) is 20.6. The summed E-state index contributed by atoms with van der Waals surface area (Å²) in [5.74, 6) is -0.770. The second-order valence-electron chi connectivity index (χ2n) is 8.67. The quantitative estimate of drug-likeness (QED) is 0.375. The van der Waals surface area contributed by atoms with E-state index in [0.717, 1.165) is 0 Å². The highest BCUT2D eigenvalue weighted by Gasteiger charge is 2.35. The molecule has 1 aliphatic carbocycles. The van der Waals surface area contributed by atoms with E-state index >= 15 is 0 Å². The Labute approximate surface area is 198 Å². The molecule has 0 aliphatic heterocycles. The van der Waals surface area contributed by atoms with E-state index in [-0.39, 0.29) is 28.8 Å². The molecule has 3 amide bonds. The summed E-state index contributed by atoms with van der Waals surface area (Å²) in [5.41, 5.74) is -0.165. The summed E-state index contributed by atoms with van der Waals surface area (Å²) >= 11 is 11.0. The summed E-state index contributed by atoms with van der Waals surface area (Å²) < 4.78 is 5.37.